The van der Waals surface area contributed by atoms with E-state index in [1.54, 1.807) is 0 Å². The molecule has 1 saturated heterocycles. The van der Waals surface area contributed by atoms with Gasteiger partial charge in [-0.2, -0.15) is 14.4 Å². The van der Waals surface area contributed by atoms with Gasteiger partial charge in [0, 0.05) is 6.42 Å². The van der Waals surface area contributed by atoms with Crippen LogP contribution in [0.3, 0.4) is 0 Å². The third-order valence-electron chi connectivity index (χ3n) is 4.95. The largest absolute Gasteiger partial charge is 0.508 e. The molecular weight excluding hydrogens is 397 g/mol. The van der Waals surface area contributed by atoms with Gasteiger partial charge in [-0.3, -0.25) is 4.57 Å². The number of nitrogens with zero attached hydrogens (tertiary/aromatic N) is 4. The number of anilines is 1. The highest BCUT2D eigenvalue weighted by molar-refractivity contribution is 5.81. The zero-order chi connectivity index (χ0) is 21.7. The molecule has 1 fully saturated rings. The van der Waals surface area contributed by atoms with Crippen LogP contribution in [0.5, 0.6) is 0 Å². The molecule has 3 N–H and O–H groups in total. The number of hydrogen-bond donors (Lipinski definition) is 2. The normalized spacial score (nSPS) is 23.4. The molecule has 2 aromatic heterocycles. The van der Waals surface area contributed by atoms with E-state index in [9.17, 15) is 14.3 Å². The fraction of sp³-hybridized carbons (Fsp3) is 0.579. The number of fused-ring (bicyclic) bond motifs is 1. The average molecular weight is 421 g/mol. The molecule has 0 saturated carbocycles. The van der Waals surface area contributed by atoms with Crippen molar-refractivity contribution in [2.45, 2.75) is 57.0 Å². The third kappa shape index (κ3) is 4.29. The number of aliphatic hydroxyl groups is 1. The topological polar surface area (TPSA) is 135 Å². The lowest BCUT2D eigenvalue weighted by atomic mass is 9.99. The number of nitrogens with two attached hydrogens (primary N) is 1. The predicted molar refractivity (Wildman–Crippen MR) is 103 cm³/mol. The van der Waals surface area contributed by atoms with Gasteiger partial charge in [-0.1, -0.05) is 32.1 Å². The average Bonchev–Trinajstić information content (AvgIpc) is 3.29. The van der Waals surface area contributed by atoms with Crippen LogP contribution in [0.15, 0.2) is 6.33 Å². The van der Waals surface area contributed by atoms with E-state index in [1.165, 1.54) is 10.9 Å². The molecule has 10 nitrogen and oxygen atoms in total. The minimum Gasteiger partial charge on any atom is -0.434 e. The molecule has 0 spiro atoms. The van der Waals surface area contributed by atoms with Gasteiger partial charge in [0.1, 0.15) is 6.23 Å². The fourth-order valence-electron chi connectivity index (χ4n) is 3.32. The maximum atomic E-state index is 13.6. The second-order valence-electron chi connectivity index (χ2n) is 6.97. The third-order valence-corrected chi connectivity index (χ3v) is 4.95. The van der Waals surface area contributed by atoms with E-state index in [4.69, 9.17) is 26.4 Å². The SMILES string of the molecule is C#C[C@]1(CO)OC(n2cnc3c(N)nc(F)nc32)C[C@@H]1OC(=O)OCCCCCC. The molecule has 3 rings (SSSR count). The number of nitrogen functional groups attached to an aromatic ring is 1. The molecular formula is C19H24FN5O5. The number of ether oxygens (including phenoxy) is 3. The van der Waals surface area contributed by atoms with Gasteiger partial charge >= 0.3 is 12.2 Å². The quantitative estimate of drug-likeness (QED) is 0.284. The lowest BCUT2D eigenvalue weighted by Crippen LogP contribution is -2.44. The Hall–Kier alpha value is -2.97. The molecule has 162 valence electrons. The number of carbonyl (C=O) groups excluding carboxylic acids is 1. The number of aliphatic hydroxyl groups excluding tert-OH is 1. The molecule has 30 heavy (non-hydrogen) atoms. The van der Waals surface area contributed by atoms with Crippen molar-refractivity contribution in [3.63, 3.8) is 0 Å². The molecule has 1 aliphatic heterocycles. The smallest absolute Gasteiger partial charge is 0.434 e. The molecule has 0 aliphatic carbocycles. The van der Waals surface area contributed by atoms with Crippen LogP contribution in [0, 0.1) is 18.4 Å². The van der Waals surface area contributed by atoms with E-state index < -0.39 is 36.8 Å². The van der Waals surface area contributed by atoms with Crippen LogP contribution in [0.4, 0.5) is 15.0 Å². The maximum Gasteiger partial charge on any atom is 0.508 e. The van der Waals surface area contributed by atoms with Crippen LogP contribution in [-0.4, -0.2) is 55.7 Å². The van der Waals surface area contributed by atoms with Crippen LogP contribution >= 0.6 is 0 Å². The second kappa shape index (κ2) is 9.23. The van der Waals surface area contributed by atoms with E-state index in [0.29, 0.717) is 0 Å². The molecule has 3 atom stereocenters. The number of hydrogen-bond acceptors (Lipinski definition) is 9. The lowest BCUT2D eigenvalue weighted by Gasteiger charge is -2.26. The molecule has 3 heterocycles. The van der Waals surface area contributed by atoms with Gasteiger partial charge < -0.3 is 25.1 Å². The number of halogens is 1. The van der Waals surface area contributed by atoms with Gasteiger partial charge in [-0.15, -0.1) is 6.42 Å². The van der Waals surface area contributed by atoms with Crippen molar-refractivity contribution >= 4 is 23.1 Å². The number of terminal acetylenes is 1. The van der Waals surface area contributed by atoms with Crippen molar-refractivity contribution in [3.05, 3.63) is 12.4 Å². The Bertz CT molecular complexity index is 945. The number of aromatic nitrogens is 4. The highest BCUT2D eigenvalue weighted by Gasteiger charge is 2.51. The minimum atomic E-state index is -1.60. The first-order valence-electron chi connectivity index (χ1n) is 9.69. The van der Waals surface area contributed by atoms with Gasteiger partial charge in [-0.25, -0.2) is 9.78 Å². The molecule has 1 aliphatic rings. The predicted octanol–water partition coefficient (Wildman–Crippen LogP) is 1.93. The zero-order valence-corrected chi connectivity index (χ0v) is 16.6. The summed E-state index contributed by atoms with van der Waals surface area (Å²) in [6.07, 6.45) is 7.00. The number of carbonyl (C=O) groups is 1. The van der Waals surface area contributed by atoms with Crippen molar-refractivity contribution in [1.82, 2.24) is 19.5 Å². The summed E-state index contributed by atoms with van der Waals surface area (Å²) in [5.74, 6) is 2.23. The summed E-state index contributed by atoms with van der Waals surface area (Å²) in [4.78, 5) is 23.3. The first kappa shape index (κ1) is 21.7. The first-order valence-corrected chi connectivity index (χ1v) is 9.69. The molecule has 1 unspecified atom stereocenters. The van der Waals surface area contributed by atoms with E-state index in [1.807, 2.05) is 0 Å². The van der Waals surface area contributed by atoms with Crippen LogP contribution in [0.2, 0.25) is 0 Å². The Morgan fingerprint density at radius 2 is 2.30 bits per heavy atom. The van der Waals surface area contributed by atoms with E-state index in [-0.39, 0.29) is 30.0 Å². The highest BCUT2D eigenvalue weighted by Crippen LogP contribution is 2.39. The zero-order valence-electron chi connectivity index (χ0n) is 16.6. The highest BCUT2D eigenvalue weighted by atomic mass is 19.1. The Morgan fingerprint density at radius 3 is 3.00 bits per heavy atom. The van der Waals surface area contributed by atoms with Crippen LogP contribution in [0.25, 0.3) is 11.2 Å². The summed E-state index contributed by atoms with van der Waals surface area (Å²) in [5.41, 5.74) is 4.36. The van der Waals surface area contributed by atoms with E-state index in [0.717, 1.165) is 25.7 Å². The van der Waals surface area contributed by atoms with E-state index >= 15 is 0 Å². The number of imidazole rings is 1. The van der Waals surface area contributed by atoms with E-state index in [2.05, 4.69) is 27.8 Å². The van der Waals surface area contributed by atoms with Gasteiger partial charge in [-0.05, 0) is 6.42 Å². The second-order valence-corrected chi connectivity index (χ2v) is 6.97. The fourth-order valence-corrected chi connectivity index (χ4v) is 3.32. The molecule has 0 bridgehead atoms. The standard InChI is InChI=1S/C19H24FN5O5/c1-3-5-6-7-8-28-18(27)29-12-9-13(30-19(12,4-2)10-26)25-11-22-14-15(21)23-17(20)24-16(14)25/h2,11-13,26H,3,5-10H2,1H3,(H2,21,23,24)/t12-,13?,19+/m0/s1. The summed E-state index contributed by atoms with van der Waals surface area (Å²) < 4.78 is 31.3. The summed E-state index contributed by atoms with van der Waals surface area (Å²) in [6, 6.07) is 0. The van der Waals surface area contributed by atoms with Crippen molar-refractivity contribution in [1.29, 1.82) is 0 Å². The van der Waals surface area contributed by atoms with Crippen LogP contribution in [-0.2, 0) is 14.2 Å². The summed E-state index contributed by atoms with van der Waals surface area (Å²) in [7, 11) is 0. The van der Waals surface area contributed by atoms with Crippen LogP contribution in [0.1, 0.15) is 45.3 Å². The van der Waals surface area contributed by atoms with Crippen molar-refractivity contribution < 1.29 is 28.5 Å². The summed E-state index contributed by atoms with van der Waals surface area (Å²) in [5, 5.41) is 9.86. The Labute approximate surface area is 172 Å². The minimum absolute atomic E-state index is 0.0622. The first-order chi connectivity index (χ1) is 14.4. The van der Waals surface area contributed by atoms with Gasteiger partial charge in [0.05, 0.1) is 19.5 Å². The Kier molecular flexibility index (Phi) is 6.69. The monoisotopic (exact) mass is 421 g/mol. The number of unbranched alkanes of at least 4 members (excludes halogenated alkanes) is 3. The van der Waals surface area contributed by atoms with Crippen LogP contribution < -0.4 is 5.73 Å². The van der Waals surface area contributed by atoms with Crippen molar-refractivity contribution in [3.8, 4) is 12.3 Å². The molecule has 0 radical (unpaired) electrons. The van der Waals surface area contributed by atoms with Gasteiger partial charge in [0.25, 0.3) is 0 Å². The molecule has 0 aromatic carbocycles. The molecule has 11 heteroatoms. The molecule has 2 aromatic rings. The molecule has 0 amide bonds. The lowest BCUT2D eigenvalue weighted by molar-refractivity contribution is -0.0976. The summed E-state index contributed by atoms with van der Waals surface area (Å²) in [6.45, 7) is 1.70. The Balaban J connectivity index is 1.75. The number of rotatable bonds is 8. The van der Waals surface area contributed by atoms with Gasteiger partial charge in [0.2, 0.25) is 0 Å². The van der Waals surface area contributed by atoms with Gasteiger partial charge in [0.15, 0.2) is 28.7 Å². The maximum absolute atomic E-state index is 13.6. The van der Waals surface area contributed by atoms with Crippen molar-refractivity contribution in [2.75, 3.05) is 18.9 Å². The summed E-state index contributed by atoms with van der Waals surface area (Å²) >= 11 is 0. The Morgan fingerprint density at radius 1 is 1.50 bits per heavy atom. The van der Waals surface area contributed by atoms with Crippen molar-refractivity contribution in [2.24, 2.45) is 0 Å².